The van der Waals surface area contributed by atoms with Gasteiger partial charge in [-0.1, -0.05) is 18.2 Å². The van der Waals surface area contributed by atoms with Crippen LogP contribution in [0.1, 0.15) is 5.56 Å². The van der Waals surface area contributed by atoms with Crippen LogP contribution < -0.4 is 16.0 Å². The number of rotatable bonds is 5. The van der Waals surface area contributed by atoms with Crippen LogP contribution in [0, 0.1) is 6.92 Å². The molecule has 8 nitrogen and oxygen atoms in total. The van der Waals surface area contributed by atoms with E-state index in [9.17, 15) is 14.7 Å². The fraction of sp³-hybridized carbons (Fsp3) is 0.353. The van der Waals surface area contributed by atoms with Crippen LogP contribution in [0.15, 0.2) is 33.9 Å². The number of aromatic nitrogens is 4. The van der Waals surface area contributed by atoms with Crippen LogP contribution >= 0.6 is 11.6 Å². The predicted molar refractivity (Wildman–Crippen MR) is 97.9 cm³/mol. The van der Waals surface area contributed by atoms with Crippen molar-refractivity contribution in [3.05, 3.63) is 56.0 Å². The fourth-order valence-electron chi connectivity index (χ4n) is 2.75. The van der Waals surface area contributed by atoms with E-state index in [2.05, 4.69) is 4.98 Å². The second-order valence-corrected chi connectivity index (χ2v) is 6.44. The minimum atomic E-state index is -0.925. The number of halogens is 1. The Kier molecular flexibility index (Phi) is 4.88. The molecule has 3 rings (SSSR count). The highest BCUT2D eigenvalue weighted by atomic mass is 35.5. The molecule has 0 amide bonds. The second kappa shape index (κ2) is 6.97. The van der Waals surface area contributed by atoms with Crippen molar-refractivity contribution >= 4 is 22.8 Å². The van der Waals surface area contributed by atoms with Crippen LogP contribution in [0.25, 0.3) is 11.2 Å². The van der Waals surface area contributed by atoms with Gasteiger partial charge >= 0.3 is 5.69 Å². The first kappa shape index (κ1) is 18.2. The molecule has 0 saturated heterocycles. The van der Waals surface area contributed by atoms with Gasteiger partial charge in [-0.3, -0.25) is 13.9 Å². The zero-order valence-electron chi connectivity index (χ0n) is 14.6. The van der Waals surface area contributed by atoms with Gasteiger partial charge in [-0.05, 0) is 30.2 Å². The molecular weight excluding hydrogens is 360 g/mol. The summed E-state index contributed by atoms with van der Waals surface area (Å²) in [6.07, 6.45) is -0.925. The third-order valence-electron chi connectivity index (χ3n) is 4.22. The maximum atomic E-state index is 12.5. The number of benzene rings is 1. The van der Waals surface area contributed by atoms with Crippen molar-refractivity contribution in [1.29, 1.82) is 0 Å². The Morgan fingerprint density at radius 1 is 1.23 bits per heavy atom. The summed E-state index contributed by atoms with van der Waals surface area (Å²) in [5.41, 5.74) is 0.279. The predicted octanol–water partition coefficient (Wildman–Crippen LogP) is 0.835. The topological polar surface area (TPSA) is 91.3 Å². The van der Waals surface area contributed by atoms with Gasteiger partial charge in [0.1, 0.15) is 18.5 Å². The molecule has 0 aliphatic rings. The van der Waals surface area contributed by atoms with Gasteiger partial charge < -0.3 is 14.4 Å². The number of hydrogen-bond donors (Lipinski definition) is 1. The molecule has 138 valence electrons. The minimum absolute atomic E-state index is 0.00859. The number of para-hydroxylation sites is 1. The lowest BCUT2D eigenvalue weighted by molar-refractivity contribution is 0.0931. The second-order valence-electron chi connectivity index (χ2n) is 6.10. The van der Waals surface area contributed by atoms with E-state index in [1.807, 2.05) is 31.2 Å². The molecule has 0 unspecified atom stereocenters. The highest BCUT2D eigenvalue weighted by Gasteiger charge is 2.20. The van der Waals surface area contributed by atoms with Crippen LogP contribution in [-0.4, -0.2) is 36.5 Å². The molecular formula is C17H19ClN4O4. The Morgan fingerprint density at radius 3 is 2.62 bits per heavy atom. The van der Waals surface area contributed by atoms with Crippen LogP contribution in [0.5, 0.6) is 5.75 Å². The first-order valence-electron chi connectivity index (χ1n) is 7.99. The van der Waals surface area contributed by atoms with Crippen LogP contribution in [-0.2, 0) is 20.6 Å². The maximum absolute atomic E-state index is 12.5. The SMILES string of the molecule is Cc1ccccc1OC[C@@H](O)Cn1c(Cl)nc2c1c(=O)n(C)c(=O)n2C. The molecule has 3 aromatic rings. The van der Waals surface area contributed by atoms with Crippen LogP contribution in [0.3, 0.4) is 0 Å². The smallest absolute Gasteiger partial charge is 0.332 e. The zero-order chi connectivity index (χ0) is 19.0. The van der Waals surface area contributed by atoms with Crippen molar-refractivity contribution in [1.82, 2.24) is 18.7 Å². The molecule has 9 heteroatoms. The molecule has 1 N–H and O–H groups in total. The highest BCUT2D eigenvalue weighted by Crippen LogP contribution is 2.18. The van der Waals surface area contributed by atoms with Gasteiger partial charge in [-0.25, -0.2) is 4.79 Å². The Bertz CT molecular complexity index is 1080. The van der Waals surface area contributed by atoms with Gasteiger partial charge in [0.25, 0.3) is 5.56 Å². The molecule has 26 heavy (non-hydrogen) atoms. The first-order chi connectivity index (χ1) is 12.3. The number of nitrogens with zero attached hydrogens (tertiary/aromatic N) is 4. The summed E-state index contributed by atoms with van der Waals surface area (Å²) in [6, 6.07) is 7.47. The Balaban J connectivity index is 1.89. The van der Waals surface area contributed by atoms with Crippen molar-refractivity contribution in [2.75, 3.05) is 6.61 Å². The quantitative estimate of drug-likeness (QED) is 0.664. The van der Waals surface area contributed by atoms with Gasteiger partial charge in [-0.15, -0.1) is 0 Å². The molecule has 0 fully saturated rings. The number of aryl methyl sites for hydroxylation is 2. The van der Waals surface area contributed by atoms with Crippen molar-refractivity contribution in [3.63, 3.8) is 0 Å². The summed E-state index contributed by atoms with van der Waals surface area (Å²) in [6.45, 7) is 1.94. The number of hydrogen-bond acceptors (Lipinski definition) is 5. The number of aliphatic hydroxyl groups is 1. The summed E-state index contributed by atoms with van der Waals surface area (Å²) in [5.74, 6) is 0.673. The minimum Gasteiger partial charge on any atom is -0.491 e. The molecule has 1 atom stereocenters. The van der Waals surface area contributed by atoms with E-state index < -0.39 is 17.4 Å². The lowest BCUT2D eigenvalue weighted by Crippen LogP contribution is -2.38. The van der Waals surface area contributed by atoms with E-state index in [1.165, 1.54) is 23.2 Å². The van der Waals surface area contributed by atoms with E-state index in [0.717, 1.165) is 10.1 Å². The van der Waals surface area contributed by atoms with E-state index in [1.54, 1.807) is 0 Å². The maximum Gasteiger partial charge on any atom is 0.332 e. The number of aliphatic hydroxyl groups excluding tert-OH is 1. The Hall–Kier alpha value is -2.58. The van der Waals surface area contributed by atoms with Crippen molar-refractivity contribution in [3.8, 4) is 5.75 Å². The molecule has 2 aromatic heterocycles. The Labute approximate surface area is 153 Å². The molecule has 0 radical (unpaired) electrons. The van der Waals surface area contributed by atoms with Crippen LogP contribution in [0.2, 0.25) is 5.28 Å². The van der Waals surface area contributed by atoms with Gasteiger partial charge in [0.2, 0.25) is 5.28 Å². The van der Waals surface area contributed by atoms with Crippen molar-refractivity contribution in [2.24, 2.45) is 14.1 Å². The molecule has 2 heterocycles. The summed E-state index contributed by atoms with van der Waals surface area (Å²) in [4.78, 5) is 28.5. The molecule has 1 aromatic carbocycles. The summed E-state index contributed by atoms with van der Waals surface area (Å²) in [7, 11) is 2.89. The third kappa shape index (κ3) is 3.13. The Morgan fingerprint density at radius 2 is 1.92 bits per heavy atom. The van der Waals surface area contributed by atoms with E-state index in [4.69, 9.17) is 16.3 Å². The highest BCUT2D eigenvalue weighted by molar-refractivity contribution is 6.29. The van der Waals surface area contributed by atoms with Gasteiger partial charge in [0.15, 0.2) is 11.2 Å². The van der Waals surface area contributed by atoms with Gasteiger partial charge in [-0.2, -0.15) is 4.98 Å². The lowest BCUT2D eigenvalue weighted by Gasteiger charge is -2.15. The lowest BCUT2D eigenvalue weighted by atomic mass is 10.2. The number of ether oxygens (including phenoxy) is 1. The fourth-order valence-corrected chi connectivity index (χ4v) is 2.99. The van der Waals surface area contributed by atoms with Gasteiger partial charge in [0, 0.05) is 14.1 Å². The average molecular weight is 379 g/mol. The van der Waals surface area contributed by atoms with E-state index in [-0.39, 0.29) is 29.6 Å². The van der Waals surface area contributed by atoms with E-state index in [0.29, 0.717) is 5.75 Å². The number of fused-ring (bicyclic) bond motifs is 1. The molecule has 0 bridgehead atoms. The first-order valence-corrected chi connectivity index (χ1v) is 8.37. The zero-order valence-corrected chi connectivity index (χ0v) is 15.4. The standard InChI is InChI=1S/C17H19ClN4O4/c1-10-6-4-5-7-12(10)26-9-11(23)8-22-13-14(19-16(22)18)20(2)17(25)21(3)15(13)24/h4-7,11,23H,8-9H2,1-3H3/t11-/m0/s1. The molecule has 0 aliphatic carbocycles. The van der Waals surface area contributed by atoms with Crippen molar-refractivity contribution in [2.45, 2.75) is 19.6 Å². The largest absolute Gasteiger partial charge is 0.491 e. The summed E-state index contributed by atoms with van der Waals surface area (Å²) >= 11 is 6.14. The van der Waals surface area contributed by atoms with Crippen molar-refractivity contribution < 1.29 is 9.84 Å². The van der Waals surface area contributed by atoms with Gasteiger partial charge in [0.05, 0.1) is 6.54 Å². The molecule has 0 saturated carbocycles. The van der Waals surface area contributed by atoms with E-state index >= 15 is 0 Å². The summed E-state index contributed by atoms with van der Waals surface area (Å²) < 4.78 is 9.25. The number of imidazole rings is 1. The average Bonchev–Trinajstić information content (AvgIpc) is 2.94. The third-order valence-corrected chi connectivity index (χ3v) is 4.51. The van der Waals surface area contributed by atoms with Crippen LogP contribution in [0.4, 0.5) is 0 Å². The molecule has 0 spiro atoms. The normalized spacial score (nSPS) is 12.5. The molecule has 0 aliphatic heterocycles. The monoisotopic (exact) mass is 378 g/mol. The summed E-state index contributed by atoms with van der Waals surface area (Å²) in [5, 5.41) is 10.4.